The quantitative estimate of drug-likeness (QED) is 0.493. The third-order valence-corrected chi connectivity index (χ3v) is 6.84. The van der Waals surface area contributed by atoms with Gasteiger partial charge in [0.05, 0.1) is 5.75 Å². The SMILES string of the molecule is CCCCCCCCS(=O)(=O)c1nnc(C(Cl)(Cl)Cl)s1. The molecule has 0 N–H and O–H groups in total. The molecule has 1 aromatic rings. The van der Waals surface area contributed by atoms with E-state index in [0.29, 0.717) is 6.42 Å². The normalized spacial score (nSPS) is 12.8. The first-order valence-electron chi connectivity index (χ1n) is 6.41. The van der Waals surface area contributed by atoms with Gasteiger partial charge in [0.25, 0.3) is 0 Å². The van der Waals surface area contributed by atoms with E-state index in [1.54, 1.807) is 0 Å². The van der Waals surface area contributed by atoms with Crippen LogP contribution < -0.4 is 0 Å². The minimum atomic E-state index is -3.42. The molecular weight excluding hydrogens is 363 g/mol. The van der Waals surface area contributed by atoms with Crippen LogP contribution in [0.1, 0.15) is 50.5 Å². The Kier molecular flexibility index (Phi) is 7.49. The van der Waals surface area contributed by atoms with Gasteiger partial charge in [0, 0.05) is 0 Å². The average Bonchev–Trinajstić information content (AvgIpc) is 2.83. The van der Waals surface area contributed by atoms with Crippen LogP contribution in [-0.4, -0.2) is 24.4 Å². The van der Waals surface area contributed by atoms with Crippen molar-refractivity contribution < 1.29 is 8.42 Å². The maximum absolute atomic E-state index is 12.0. The third-order valence-electron chi connectivity index (χ3n) is 2.68. The summed E-state index contributed by atoms with van der Waals surface area (Å²) in [4.78, 5) is 0. The van der Waals surface area contributed by atoms with E-state index >= 15 is 0 Å². The number of aromatic nitrogens is 2. The number of rotatable bonds is 8. The number of sulfone groups is 1. The van der Waals surface area contributed by atoms with E-state index in [-0.39, 0.29) is 15.1 Å². The summed E-state index contributed by atoms with van der Waals surface area (Å²) in [5, 5.41) is 7.30. The second kappa shape index (κ2) is 8.13. The van der Waals surface area contributed by atoms with Gasteiger partial charge in [-0.05, 0) is 6.42 Å². The summed E-state index contributed by atoms with van der Waals surface area (Å²) in [5.41, 5.74) is 0. The van der Waals surface area contributed by atoms with Crippen molar-refractivity contribution in [3.63, 3.8) is 0 Å². The van der Waals surface area contributed by atoms with Crippen LogP contribution in [0.4, 0.5) is 0 Å². The molecule has 1 rings (SSSR count). The van der Waals surface area contributed by atoms with Crippen molar-refractivity contribution in [1.29, 1.82) is 0 Å². The first-order chi connectivity index (χ1) is 9.27. The van der Waals surface area contributed by atoms with Gasteiger partial charge < -0.3 is 0 Å². The molecule has 0 radical (unpaired) electrons. The van der Waals surface area contributed by atoms with E-state index < -0.39 is 13.6 Å². The van der Waals surface area contributed by atoms with Crippen LogP contribution >= 0.6 is 46.1 Å². The van der Waals surface area contributed by atoms with E-state index in [0.717, 1.165) is 30.6 Å². The van der Waals surface area contributed by atoms with Gasteiger partial charge in [-0.3, -0.25) is 0 Å². The van der Waals surface area contributed by atoms with Crippen molar-refractivity contribution in [3.05, 3.63) is 5.01 Å². The highest BCUT2D eigenvalue weighted by atomic mass is 35.6. The number of halogens is 3. The largest absolute Gasteiger partial charge is 0.243 e. The fourth-order valence-electron chi connectivity index (χ4n) is 1.61. The Bertz CT molecular complexity index is 512. The predicted molar refractivity (Wildman–Crippen MR) is 84.6 cm³/mol. The van der Waals surface area contributed by atoms with Gasteiger partial charge in [-0.2, -0.15) is 0 Å². The molecule has 116 valence electrons. The van der Waals surface area contributed by atoms with Gasteiger partial charge in [-0.15, -0.1) is 10.2 Å². The Hall–Kier alpha value is 0.380. The van der Waals surface area contributed by atoms with E-state index in [1.165, 1.54) is 12.8 Å². The molecule has 4 nitrogen and oxygen atoms in total. The van der Waals surface area contributed by atoms with Crippen molar-refractivity contribution in [2.45, 2.75) is 53.6 Å². The molecule has 0 saturated carbocycles. The number of unbranched alkanes of at least 4 members (excludes halogenated alkanes) is 5. The Morgan fingerprint density at radius 2 is 1.65 bits per heavy atom. The average molecular weight is 380 g/mol. The summed E-state index contributed by atoms with van der Waals surface area (Å²) in [7, 11) is -3.42. The van der Waals surface area contributed by atoms with Gasteiger partial charge >= 0.3 is 0 Å². The molecule has 0 saturated heterocycles. The molecule has 0 aromatic carbocycles. The zero-order chi connectivity index (χ0) is 15.2. The van der Waals surface area contributed by atoms with E-state index in [9.17, 15) is 8.42 Å². The second-order valence-electron chi connectivity index (χ2n) is 4.46. The molecule has 0 aliphatic rings. The van der Waals surface area contributed by atoms with Crippen molar-refractivity contribution in [2.75, 3.05) is 5.75 Å². The lowest BCUT2D eigenvalue weighted by Gasteiger charge is -2.03. The third kappa shape index (κ3) is 6.02. The summed E-state index contributed by atoms with van der Waals surface area (Å²) < 4.78 is 22.3. The van der Waals surface area contributed by atoms with Gasteiger partial charge in [0.15, 0.2) is 5.01 Å². The number of hydrogen-bond donors (Lipinski definition) is 0. The van der Waals surface area contributed by atoms with E-state index in [2.05, 4.69) is 17.1 Å². The highest BCUT2D eigenvalue weighted by molar-refractivity contribution is 7.93. The van der Waals surface area contributed by atoms with Gasteiger partial charge in [-0.1, -0.05) is 85.2 Å². The predicted octanol–water partition coefficient (Wildman–Crippen LogP) is 4.50. The van der Waals surface area contributed by atoms with Crippen molar-refractivity contribution in [1.82, 2.24) is 10.2 Å². The number of nitrogens with zero attached hydrogens (tertiary/aromatic N) is 2. The first-order valence-corrected chi connectivity index (χ1v) is 10.0. The summed E-state index contributed by atoms with van der Waals surface area (Å²) in [6.07, 6.45) is 6.08. The highest BCUT2D eigenvalue weighted by Gasteiger charge is 2.30. The summed E-state index contributed by atoms with van der Waals surface area (Å²) in [6, 6.07) is 0. The molecule has 0 spiro atoms. The summed E-state index contributed by atoms with van der Waals surface area (Å²) in [6.45, 7) is 2.14. The van der Waals surface area contributed by atoms with Crippen molar-refractivity contribution in [2.24, 2.45) is 0 Å². The Labute approximate surface area is 138 Å². The molecule has 0 fully saturated rings. The lowest BCUT2D eigenvalue weighted by atomic mass is 10.1. The highest BCUT2D eigenvalue weighted by Crippen LogP contribution is 2.40. The minimum Gasteiger partial charge on any atom is -0.221 e. The van der Waals surface area contributed by atoms with Gasteiger partial charge in [0.1, 0.15) is 0 Å². The molecule has 0 unspecified atom stereocenters. The maximum Gasteiger partial charge on any atom is 0.243 e. The molecule has 0 aliphatic carbocycles. The Morgan fingerprint density at radius 3 is 2.20 bits per heavy atom. The lowest BCUT2D eigenvalue weighted by Crippen LogP contribution is -2.06. The number of hydrogen-bond acceptors (Lipinski definition) is 5. The van der Waals surface area contributed by atoms with Crippen LogP contribution in [0.15, 0.2) is 4.34 Å². The van der Waals surface area contributed by atoms with E-state index in [1.807, 2.05) is 0 Å². The molecule has 0 amide bonds. The molecule has 0 aliphatic heterocycles. The lowest BCUT2D eigenvalue weighted by molar-refractivity contribution is 0.582. The van der Waals surface area contributed by atoms with Gasteiger partial charge in [0.2, 0.25) is 18.0 Å². The summed E-state index contributed by atoms with van der Waals surface area (Å²) >= 11 is 17.7. The molecule has 0 bridgehead atoms. The first kappa shape index (κ1) is 18.4. The topological polar surface area (TPSA) is 59.9 Å². The van der Waals surface area contributed by atoms with Crippen LogP contribution in [0.25, 0.3) is 0 Å². The minimum absolute atomic E-state index is 0.0631. The fraction of sp³-hybridized carbons (Fsp3) is 0.818. The zero-order valence-corrected chi connectivity index (χ0v) is 15.0. The molecule has 20 heavy (non-hydrogen) atoms. The zero-order valence-electron chi connectivity index (χ0n) is 11.1. The monoisotopic (exact) mass is 378 g/mol. The molecule has 1 heterocycles. The number of alkyl halides is 3. The van der Waals surface area contributed by atoms with Crippen LogP contribution in [-0.2, 0) is 13.6 Å². The van der Waals surface area contributed by atoms with Crippen LogP contribution in [0.5, 0.6) is 0 Å². The van der Waals surface area contributed by atoms with Crippen LogP contribution in [0.2, 0.25) is 0 Å². The van der Waals surface area contributed by atoms with Crippen LogP contribution in [0.3, 0.4) is 0 Å². The Balaban J connectivity index is 2.50. The van der Waals surface area contributed by atoms with Crippen LogP contribution in [0, 0.1) is 0 Å². The molecular formula is C11H17Cl3N2O2S2. The Morgan fingerprint density at radius 1 is 1.05 bits per heavy atom. The van der Waals surface area contributed by atoms with Crippen molar-refractivity contribution >= 4 is 56.0 Å². The fourth-order valence-corrected chi connectivity index (χ4v) is 4.43. The molecule has 0 atom stereocenters. The molecule has 1 aromatic heterocycles. The maximum atomic E-state index is 12.0. The second-order valence-corrected chi connectivity index (χ2v) is 10.00. The van der Waals surface area contributed by atoms with Gasteiger partial charge in [-0.25, -0.2) is 8.42 Å². The molecule has 9 heteroatoms. The van der Waals surface area contributed by atoms with Crippen molar-refractivity contribution in [3.8, 4) is 0 Å². The summed E-state index contributed by atoms with van der Waals surface area (Å²) in [5.74, 6) is 0.0631. The van der Waals surface area contributed by atoms with E-state index in [4.69, 9.17) is 34.8 Å². The smallest absolute Gasteiger partial charge is 0.221 e. The standard InChI is InChI=1S/C11H17Cl3N2O2S2/c1-2-3-4-5-6-7-8-20(17,18)10-16-15-9(19-10)11(12,13)14/h2-8H2,1H3.